The van der Waals surface area contributed by atoms with Crippen LogP contribution < -0.4 is 9.96 Å². The first kappa shape index (κ1) is 20.1. The van der Waals surface area contributed by atoms with E-state index in [1.165, 1.54) is 5.06 Å². The van der Waals surface area contributed by atoms with Crippen molar-refractivity contribution >= 4 is 50.7 Å². The fraction of sp³-hybridized carbons (Fsp3) is 0.130. The van der Waals surface area contributed by atoms with Crippen LogP contribution in [0, 0.1) is 5.92 Å². The average Bonchev–Trinajstić information content (AvgIpc) is 3.27. The van der Waals surface area contributed by atoms with E-state index in [4.69, 9.17) is 16.4 Å². The first-order valence-electron chi connectivity index (χ1n) is 9.59. The Morgan fingerprint density at radius 2 is 1.65 bits per heavy atom. The maximum Gasteiger partial charge on any atom is 0.266 e. The molecule has 3 unspecified atom stereocenters. The Hall–Kier alpha value is -2.87. The molecule has 8 heteroatoms. The summed E-state index contributed by atoms with van der Waals surface area (Å²) in [6.45, 7) is 0. The van der Waals surface area contributed by atoms with Gasteiger partial charge in [-0.2, -0.15) is 0 Å². The van der Waals surface area contributed by atoms with Gasteiger partial charge in [-0.1, -0.05) is 57.9 Å². The van der Waals surface area contributed by atoms with E-state index in [1.54, 1.807) is 42.5 Å². The molecular formula is C23H16BrClN2O4. The molecule has 31 heavy (non-hydrogen) atoms. The fourth-order valence-corrected chi connectivity index (χ4v) is 4.76. The molecule has 5 rings (SSSR count). The van der Waals surface area contributed by atoms with Gasteiger partial charge in [0.1, 0.15) is 11.7 Å². The molecule has 3 aromatic rings. The van der Waals surface area contributed by atoms with E-state index in [0.29, 0.717) is 22.0 Å². The van der Waals surface area contributed by atoms with Crippen LogP contribution in [-0.2, 0) is 14.4 Å². The molecule has 0 bridgehead atoms. The first-order chi connectivity index (χ1) is 15.0. The Kier molecular flexibility index (Phi) is 4.97. The van der Waals surface area contributed by atoms with E-state index in [9.17, 15) is 14.7 Å². The Morgan fingerprint density at radius 1 is 0.935 bits per heavy atom. The number of hydroxylamine groups is 1. The predicted molar refractivity (Wildman–Crippen MR) is 120 cm³/mol. The number of carbonyl (C=O) groups is 2. The normalized spacial score (nSPS) is 22.8. The largest absolute Gasteiger partial charge is 0.508 e. The molecule has 3 aromatic carbocycles. The van der Waals surface area contributed by atoms with Gasteiger partial charge in [0.25, 0.3) is 5.91 Å². The number of para-hydroxylation sites is 2. The van der Waals surface area contributed by atoms with E-state index < -0.39 is 29.9 Å². The summed E-state index contributed by atoms with van der Waals surface area (Å²) in [6, 6.07) is 20.1. The van der Waals surface area contributed by atoms with E-state index in [-0.39, 0.29) is 5.75 Å². The van der Waals surface area contributed by atoms with E-state index in [2.05, 4.69) is 15.9 Å². The van der Waals surface area contributed by atoms with Crippen molar-refractivity contribution < 1.29 is 19.5 Å². The predicted octanol–water partition coefficient (Wildman–Crippen LogP) is 4.86. The lowest BCUT2D eigenvalue weighted by molar-refractivity contribution is -0.126. The number of halogens is 2. The first-order valence-corrected chi connectivity index (χ1v) is 10.8. The van der Waals surface area contributed by atoms with E-state index in [0.717, 1.165) is 9.37 Å². The molecule has 2 saturated heterocycles. The highest BCUT2D eigenvalue weighted by atomic mass is 79.9. The van der Waals surface area contributed by atoms with Gasteiger partial charge < -0.3 is 5.11 Å². The number of imide groups is 1. The number of amides is 2. The highest BCUT2D eigenvalue weighted by Crippen LogP contribution is 2.50. The second kappa shape index (κ2) is 7.67. The van der Waals surface area contributed by atoms with Crippen molar-refractivity contribution in [3.63, 3.8) is 0 Å². The van der Waals surface area contributed by atoms with Crippen molar-refractivity contribution in [3.8, 4) is 5.75 Å². The van der Waals surface area contributed by atoms with Crippen molar-refractivity contribution in [1.82, 2.24) is 0 Å². The summed E-state index contributed by atoms with van der Waals surface area (Å²) in [7, 11) is 0. The SMILES string of the molecule is O=C1C2ON(c3ccccc3)C(c3cc(Br)ccc3O)C2C(=O)N1c1ccccc1Cl. The van der Waals surface area contributed by atoms with Gasteiger partial charge in [0.15, 0.2) is 6.10 Å². The lowest BCUT2D eigenvalue weighted by Gasteiger charge is -2.29. The summed E-state index contributed by atoms with van der Waals surface area (Å²) in [5.41, 5.74) is 1.47. The van der Waals surface area contributed by atoms with Crippen LogP contribution in [0.25, 0.3) is 0 Å². The number of rotatable bonds is 3. The van der Waals surface area contributed by atoms with E-state index >= 15 is 0 Å². The zero-order valence-electron chi connectivity index (χ0n) is 16.0. The number of hydrogen-bond donors (Lipinski definition) is 1. The number of phenols is 1. The number of anilines is 2. The van der Waals surface area contributed by atoms with Crippen LogP contribution in [0.4, 0.5) is 11.4 Å². The zero-order chi connectivity index (χ0) is 21.7. The highest BCUT2D eigenvalue weighted by Gasteiger charge is 2.61. The van der Waals surface area contributed by atoms with Crippen LogP contribution in [0.3, 0.4) is 0 Å². The second-order valence-electron chi connectivity index (χ2n) is 7.32. The van der Waals surface area contributed by atoms with Gasteiger partial charge in [-0.25, -0.2) is 9.96 Å². The minimum absolute atomic E-state index is 0.00910. The van der Waals surface area contributed by atoms with Crippen molar-refractivity contribution in [2.75, 3.05) is 9.96 Å². The maximum atomic E-state index is 13.6. The smallest absolute Gasteiger partial charge is 0.266 e. The molecule has 0 saturated carbocycles. The lowest BCUT2D eigenvalue weighted by atomic mass is 9.90. The standard InChI is InChI=1S/C23H16BrClN2O4/c24-13-10-11-18(28)15(12-13)20-19-21(31-27(20)14-6-2-1-3-7-14)23(30)26(22(19)29)17-9-5-4-8-16(17)25/h1-12,19-21,28H. The monoisotopic (exact) mass is 498 g/mol. The Morgan fingerprint density at radius 3 is 2.39 bits per heavy atom. The minimum Gasteiger partial charge on any atom is -0.508 e. The topological polar surface area (TPSA) is 70.1 Å². The maximum absolute atomic E-state index is 13.6. The summed E-state index contributed by atoms with van der Waals surface area (Å²) in [5.74, 6) is -1.76. The van der Waals surface area contributed by atoms with Crippen LogP contribution in [0.1, 0.15) is 11.6 Å². The second-order valence-corrected chi connectivity index (χ2v) is 8.65. The number of fused-ring (bicyclic) bond motifs is 1. The van der Waals surface area contributed by atoms with Crippen LogP contribution >= 0.6 is 27.5 Å². The summed E-state index contributed by atoms with van der Waals surface area (Å²) < 4.78 is 0.733. The number of carbonyl (C=O) groups excluding carboxylic acids is 2. The number of phenolic OH excluding ortho intramolecular Hbond substituents is 1. The molecule has 0 spiro atoms. The molecule has 3 atom stereocenters. The summed E-state index contributed by atoms with van der Waals surface area (Å²) in [4.78, 5) is 34.0. The minimum atomic E-state index is -1.03. The van der Waals surface area contributed by atoms with Gasteiger partial charge in [-0.05, 0) is 42.5 Å². The lowest BCUT2D eigenvalue weighted by Crippen LogP contribution is -2.37. The Balaban J connectivity index is 1.64. The molecule has 2 aliphatic rings. The number of nitrogens with zero attached hydrogens (tertiary/aromatic N) is 2. The van der Waals surface area contributed by atoms with Gasteiger partial charge in [-0.3, -0.25) is 14.4 Å². The quantitative estimate of drug-likeness (QED) is 0.521. The highest BCUT2D eigenvalue weighted by molar-refractivity contribution is 9.10. The molecule has 2 aliphatic heterocycles. The Bertz CT molecular complexity index is 1190. The average molecular weight is 500 g/mol. The molecule has 156 valence electrons. The fourth-order valence-electron chi connectivity index (χ4n) is 4.16. The van der Waals surface area contributed by atoms with Gasteiger partial charge in [0.05, 0.1) is 22.4 Å². The van der Waals surface area contributed by atoms with Crippen LogP contribution in [-0.4, -0.2) is 23.0 Å². The molecule has 2 heterocycles. The summed E-state index contributed by atoms with van der Waals surface area (Å²) in [6.07, 6.45) is -1.03. The van der Waals surface area contributed by atoms with E-state index in [1.807, 2.05) is 30.3 Å². The van der Waals surface area contributed by atoms with Crippen LogP contribution in [0.5, 0.6) is 5.75 Å². The molecule has 2 fully saturated rings. The molecule has 6 nitrogen and oxygen atoms in total. The van der Waals surface area contributed by atoms with Gasteiger partial charge in [-0.15, -0.1) is 0 Å². The van der Waals surface area contributed by atoms with Gasteiger partial charge >= 0.3 is 0 Å². The van der Waals surface area contributed by atoms with Crippen LogP contribution in [0.15, 0.2) is 77.3 Å². The third-order valence-corrected chi connectivity index (χ3v) is 6.34. The number of aromatic hydroxyl groups is 1. The van der Waals surface area contributed by atoms with Crippen molar-refractivity contribution in [3.05, 3.63) is 87.9 Å². The number of hydrogen-bond acceptors (Lipinski definition) is 5. The molecule has 1 N–H and O–H groups in total. The van der Waals surface area contributed by atoms with Crippen molar-refractivity contribution in [2.24, 2.45) is 5.92 Å². The molecule has 2 amide bonds. The molecule has 0 aliphatic carbocycles. The zero-order valence-corrected chi connectivity index (χ0v) is 18.3. The van der Waals surface area contributed by atoms with Crippen LogP contribution in [0.2, 0.25) is 5.02 Å². The van der Waals surface area contributed by atoms with Gasteiger partial charge in [0.2, 0.25) is 5.91 Å². The van der Waals surface area contributed by atoms with Crippen molar-refractivity contribution in [1.29, 1.82) is 0 Å². The molecule has 0 aromatic heterocycles. The number of benzene rings is 3. The molecule has 0 radical (unpaired) electrons. The van der Waals surface area contributed by atoms with Gasteiger partial charge in [0, 0.05) is 10.0 Å². The third kappa shape index (κ3) is 3.20. The summed E-state index contributed by atoms with van der Waals surface area (Å²) >= 11 is 9.70. The Labute approximate surface area is 191 Å². The summed E-state index contributed by atoms with van der Waals surface area (Å²) in [5, 5.41) is 12.5. The van der Waals surface area contributed by atoms with Crippen molar-refractivity contribution in [2.45, 2.75) is 12.1 Å². The third-order valence-electron chi connectivity index (χ3n) is 5.53. The molecular weight excluding hydrogens is 484 g/mol.